The number of benzene rings is 1. The van der Waals surface area contributed by atoms with Crippen molar-refractivity contribution >= 4 is 28.2 Å². The van der Waals surface area contributed by atoms with Gasteiger partial charge in [-0.05, 0) is 50.3 Å². The highest BCUT2D eigenvalue weighted by Gasteiger charge is 2.25. The van der Waals surface area contributed by atoms with Gasteiger partial charge in [-0.3, -0.25) is 4.79 Å². The smallest absolute Gasteiger partial charge is 0.342 e. The summed E-state index contributed by atoms with van der Waals surface area (Å²) in [4.78, 5) is 25.6. The molecule has 0 fully saturated rings. The van der Waals surface area contributed by atoms with Crippen LogP contribution in [0.15, 0.2) is 46.4 Å². The Morgan fingerprint density at radius 3 is 2.40 bits per heavy atom. The predicted molar refractivity (Wildman–Crippen MR) is 120 cm³/mol. The van der Waals surface area contributed by atoms with E-state index in [4.69, 9.17) is 9.15 Å². The van der Waals surface area contributed by atoms with Gasteiger partial charge in [-0.15, -0.1) is 11.3 Å². The van der Waals surface area contributed by atoms with Crippen LogP contribution in [-0.2, 0) is 4.74 Å². The van der Waals surface area contributed by atoms with Crippen LogP contribution in [0.25, 0.3) is 11.1 Å². The summed E-state index contributed by atoms with van der Waals surface area (Å²) < 4.78 is 10.7. The van der Waals surface area contributed by atoms with Gasteiger partial charge in [0.15, 0.2) is 0 Å². The van der Waals surface area contributed by atoms with E-state index in [1.165, 1.54) is 23.2 Å². The first-order valence-corrected chi connectivity index (χ1v) is 11.0. The zero-order chi connectivity index (χ0) is 21.8. The molecule has 0 aliphatic heterocycles. The number of carbonyl (C=O) groups is 2. The topological polar surface area (TPSA) is 68.5 Å². The second-order valence-electron chi connectivity index (χ2n) is 7.58. The van der Waals surface area contributed by atoms with Crippen molar-refractivity contribution < 1.29 is 18.7 Å². The number of hydrogen-bond acceptors (Lipinski definition) is 5. The Bertz CT molecular complexity index is 1030. The van der Waals surface area contributed by atoms with E-state index in [9.17, 15) is 9.59 Å². The van der Waals surface area contributed by atoms with Crippen molar-refractivity contribution in [3.8, 4) is 11.1 Å². The highest BCUT2D eigenvalue weighted by molar-refractivity contribution is 7.15. The third-order valence-corrected chi connectivity index (χ3v) is 5.97. The first-order chi connectivity index (χ1) is 14.3. The Morgan fingerprint density at radius 2 is 1.83 bits per heavy atom. The molecule has 0 bridgehead atoms. The lowest BCUT2D eigenvalue weighted by Gasteiger charge is -2.13. The number of amides is 1. The van der Waals surface area contributed by atoms with Gasteiger partial charge < -0.3 is 14.5 Å². The van der Waals surface area contributed by atoms with Crippen LogP contribution >= 0.6 is 11.3 Å². The van der Waals surface area contributed by atoms with Gasteiger partial charge in [-0.1, -0.05) is 38.1 Å². The molecule has 2 aromatic heterocycles. The van der Waals surface area contributed by atoms with Crippen LogP contribution in [0.3, 0.4) is 0 Å². The highest BCUT2D eigenvalue weighted by Crippen LogP contribution is 2.37. The van der Waals surface area contributed by atoms with Crippen molar-refractivity contribution in [2.45, 2.75) is 53.1 Å². The summed E-state index contributed by atoms with van der Waals surface area (Å²) in [5, 5.41) is 5.20. The van der Waals surface area contributed by atoms with Gasteiger partial charge in [0.1, 0.15) is 16.3 Å². The maximum absolute atomic E-state index is 12.9. The largest absolute Gasteiger partial charge is 0.469 e. The first-order valence-electron chi connectivity index (χ1n) is 10.1. The molecule has 0 saturated heterocycles. The number of ether oxygens (including phenoxy) is 1. The molecule has 0 radical (unpaired) electrons. The molecule has 30 heavy (non-hydrogen) atoms. The zero-order valence-electron chi connectivity index (χ0n) is 17.9. The minimum absolute atomic E-state index is 0.266. The molecule has 0 saturated carbocycles. The Hall–Kier alpha value is -2.86. The molecule has 1 atom stereocenters. The summed E-state index contributed by atoms with van der Waals surface area (Å²) in [6.07, 6.45) is 2.27. The average molecular weight is 426 g/mol. The van der Waals surface area contributed by atoms with Crippen molar-refractivity contribution in [1.29, 1.82) is 0 Å². The molecule has 0 unspecified atom stereocenters. The van der Waals surface area contributed by atoms with E-state index >= 15 is 0 Å². The maximum atomic E-state index is 12.9. The van der Waals surface area contributed by atoms with Crippen molar-refractivity contribution in [2.75, 3.05) is 5.32 Å². The molecule has 3 rings (SSSR count). The molecule has 6 heteroatoms. The summed E-state index contributed by atoms with van der Waals surface area (Å²) in [6, 6.07) is 9.82. The normalized spacial score (nSPS) is 12.1. The second kappa shape index (κ2) is 9.30. The number of hydrogen-bond donors (Lipinski definition) is 1. The molecule has 5 nitrogen and oxygen atoms in total. The number of furan rings is 1. The fraction of sp³-hybridized carbons (Fsp3) is 0.333. The zero-order valence-corrected chi connectivity index (χ0v) is 18.8. The van der Waals surface area contributed by atoms with Crippen molar-refractivity contribution in [3.63, 3.8) is 0 Å². The lowest BCUT2D eigenvalue weighted by Crippen LogP contribution is -2.17. The molecule has 1 N–H and O–H groups in total. The van der Waals surface area contributed by atoms with Gasteiger partial charge in [-0.2, -0.15) is 0 Å². The SMILES string of the molecule is CC[C@H](C)c1ccc(-c2csc(NC(=O)c3ccoc3C)c2C(=O)OC(C)C)cc1. The molecule has 0 spiro atoms. The third kappa shape index (κ3) is 4.65. The number of nitrogens with one attached hydrogen (secondary N) is 1. The van der Waals surface area contributed by atoms with Crippen molar-refractivity contribution in [3.05, 3.63) is 64.4 Å². The first kappa shape index (κ1) is 21.8. The number of carbonyl (C=O) groups excluding carboxylic acids is 2. The van der Waals surface area contributed by atoms with Crippen LogP contribution in [-0.4, -0.2) is 18.0 Å². The highest BCUT2D eigenvalue weighted by atomic mass is 32.1. The van der Waals surface area contributed by atoms with Crippen LogP contribution in [0.1, 0.15) is 72.1 Å². The number of thiophene rings is 1. The Labute approximate surface area is 181 Å². The lowest BCUT2D eigenvalue weighted by atomic mass is 9.95. The molecular formula is C24H27NO4S. The van der Waals surface area contributed by atoms with E-state index in [1.54, 1.807) is 26.8 Å². The standard InChI is InChI=1S/C24H27NO4S/c1-6-15(4)17-7-9-18(10-8-17)20-13-30-23(21(20)24(27)29-14(2)3)25-22(26)19-11-12-28-16(19)5/h7-15H,6H2,1-5H3,(H,25,26)/t15-/m0/s1. The third-order valence-electron chi connectivity index (χ3n) is 5.07. The number of rotatable bonds is 7. The predicted octanol–water partition coefficient (Wildman–Crippen LogP) is 6.65. The fourth-order valence-corrected chi connectivity index (χ4v) is 4.11. The van der Waals surface area contributed by atoms with E-state index in [2.05, 4.69) is 31.3 Å². The molecule has 0 aliphatic carbocycles. The van der Waals surface area contributed by atoms with Crippen LogP contribution in [0, 0.1) is 6.92 Å². The van der Waals surface area contributed by atoms with E-state index < -0.39 is 5.97 Å². The van der Waals surface area contributed by atoms with E-state index in [-0.39, 0.29) is 12.0 Å². The summed E-state index contributed by atoms with van der Waals surface area (Å²) in [5.74, 6) is 0.225. The van der Waals surface area contributed by atoms with Gasteiger partial charge in [0.25, 0.3) is 5.91 Å². The van der Waals surface area contributed by atoms with Gasteiger partial charge in [0.05, 0.1) is 17.9 Å². The van der Waals surface area contributed by atoms with Gasteiger partial charge in [0, 0.05) is 10.9 Å². The monoisotopic (exact) mass is 425 g/mol. The summed E-state index contributed by atoms with van der Waals surface area (Å²) in [6.45, 7) is 9.68. The van der Waals surface area contributed by atoms with Crippen molar-refractivity contribution in [2.24, 2.45) is 0 Å². The van der Waals surface area contributed by atoms with E-state index in [0.29, 0.717) is 27.8 Å². The fourth-order valence-electron chi connectivity index (χ4n) is 3.16. The van der Waals surface area contributed by atoms with Crippen LogP contribution < -0.4 is 5.32 Å². The summed E-state index contributed by atoms with van der Waals surface area (Å²) in [5.41, 5.74) is 3.73. The van der Waals surface area contributed by atoms with Crippen LogP contribution in [0.5, 0.6) is 0 Å². The van der Waals surface area contributed by atoms with Crippen molar-refractivity contribution in [1.82, 2.24) is 0 Å². The number of aryl methyl sites for hydroxylation is 1. The van der Waals surface area contributed by atoms with Gasteiger partial charge in [-0.25, -0.2) is 4.79 Å². The van der Waals surface area contributed by atoms with E-state index in [1.807, 2.05) is 17.5 Å². The Kier molecular flexibility index (Phi) is 6.77. The van der Waals surface area contributed by atoms with Gasteiger partial charge in [0.2, 0.25) is 0 Å². The number of esters is 1. The summed E-state index contributed by atoms with van der Waals surface area (Å²) in [7, 11) is 0. The summed E-state index contributed by atoms with van der Waals surface area (Å²) >= 11 is 1.31. The quantitative estimate of drug-likeness (QED) is 0.430. The molecule has 158 valence electrons. The molecule has 1 amide bonds. The van der Waals surface area contributed by atoms with Crippen LogP contribution in [0.2, 0.25) is 0 Å². The minimum atomic E-state index is -0.452. The molecular weight excluding hydrogens is 398 g/mol. The molecule has 3 aromatic rings. The Balaban J connectivity index is 1.98. The number of anilines is 1. The molecule has 1 aromatic carbocycles. The minimum Gasteiger partial charge on any atom is -0.469 e. The Morgan fingerprint density at radius 1 is 1.13 bits per heavy atom. The van der Waals surface area contributed by atoms with E-state index in [0.717, 1.165) is 17.5 Å². The maximum Gasteiger partial charge on any atom is 0.342 e. The van der Waals surface area contributed by atoms with Gasteiger partial charge >= 0.3 is 5.97 Å². The molecule has 2 heterocycles. The van der Waals surface area contributed by atoms with Crippen LogP contribution in [0.4, 0.5) is 5.00 Å². The molecule has 0 aliphatic rings. The lowest BCUT2D eigenvalue weighted by molar-refractivity contribution is 0.0380. The second-order valence-corrected chi connectivity index (χ2v) is 8.46. The average Bonchev–Trinajstić information content (AvgIpc) is 3.33.